The molecule has 55 heavy (non-hydrogen) atoms. The number of nitrogens with one attached hydrogen (secondary N) is 3. The van der Waals surface area contributed by atoms with Crippen molar-refractivity contribution in [1.82, 2.24) is 40.0 Å². The Balaban J connectivity index is 1.22. The monoisotopic (exact) mass is 778 g/mol. The summed E-state index contributed by atoms with van der Waals surface area (Å²) < 4.78 is 50.1. The van der Waals surface area contributed by atoms with Crippen LogP contribution in [0.1, 0.15) is 93.0 Å². The third-order valence-electron chi connectivity index (χ3n) is 11.5. The number of carbonyl (C=O) groups excluding carboxylic acids is 4. The van der Waals surface area contributed by atoms with Gasteiger partial charge in [-0.2, -0.15) is 5.10 Å². The highest BCUT2D eigenvalue weighted by molar-refractivity contribution is 7.91. The molecule has 294 valence electrons. The van der Waals surface area contributed by atoms with Gasteiger partial charge in [0.1, 0.15) is 40.6 Å². The first-order valence-electron chi connectivity index (χ1n) is 18.9. The summed E-state index contributed by atoms with van der Waals surface area (Å²) in [6.45, 7) is 4.90. The van der Waals surface area contributed by atoms with Crippen molar-refractivity contribution in [3.8, 4) is 5.88 Å². The highest BCUT2D eigenvalue weighted by atomic mass is 32.2. The largest absolute Gasteiger partial charge is 0.471 e. The Labute approximate surface area is 318 Å². The number of rotatable bonds is 7. The molecule has 2 aromatic heterocycles. The molecule has 2 aliphatic carbocycles. The molecule has 0 spiro atoms. The number of nitrogens with zero attached hydrogens (tertiary/aromatic N) is 5. The molecule has 3 fully saturated rings. The minimum Gasteiger partial charge on any atom is -0.471 e. The predicted molar refractivity (Wildman–Crippen MR) is 198 cm³/mol. The average molecular weight is 779 g/mol. The highest BCUT2D eigenvalue weighted by Crippen LogP contribution is 2.45. The van der Waals surface area contributed by atoms with E-state index in [4.69, 9.17) is 4.74 Å². The van der Waals surface area contributed by atoms with Crippen molar-refractivity contribution in [3.05, 3.63) is 59.3 Å². The first kappa shape index (κ1) is 38.3. The van der Waals surface area contributed by atoms with Crippen LogP contribution in [-0.2, 0) is 31.5 Å². The number of fused-ring (bicyclic) bond motifs is 3. The van der Waals surface area contributed by atoms with Gasteiger partial charge in [-0.3, -0.25) is 28.6 Å². The van der Waals surface area contributed by atoms with E-state index in [1.54, 1.807) is 40.0 Å². The van der Waals surface area contributed by atoms with Gasteiger partial charge in [0.25, 0.3) is 11.8 Å². The predicted octanol–water partition coefficient (Wildman–Crippen LogP) is 3.05. The zero-order chi connectivity index (χ0) is 39.3. The summed E-state index contributed by atoms with van der Waals surface area (Å²) in [5.74, 6) is -3.55. The van der Waals surface area contributed by atoms with Gasteiger partial charge in [0.15, 0.2) is 5.82 Å². The molecule has 0 radical (unpaired) electrons. The number of halogens is 1. The van der Waals surface area contributed by atoms with Crippen LogP contribution in [0, 0.1) is 25.6 Å². The topological polar surface area (TPSA) is 195 Å². The van der Waals surface area contributed by atoms with Gasteiger partial charge in [-0.15, -0.1) is 0 Å². The fraction of sp³-hybridized carbons (Fsp3) is 0.553. The number of amides is 4. The third kappa shape index (κ3) is 7.42. The number of aromatic nitrogens is 4. The minimum absolute atomic E-state index is 0.00461. The zero-order valence-corrected chi connectivity index (χ0v) is 32.2. The maximum absolute atomic E-state index is 14.7. The Kier molecular flexibility index (Phi) is 10.2. The second kappa shape index (κ2) is 14.6. The van der Waals surface area contributed by atoms with Crippen LogP contribution < -0.4 is 20.1 Å². The molecule has 3 N–H and O–H groups in total. The highest BCUT2D eigenvalue weighted by Gasteiger charge is 2.58. The maximum Gasteiger partial charge on any atom is 0.270 e. The molecule has 2 saturated carbocycles. The molecule has 3 aromatic rings. The molecule has 7 rings (SSSR count). The molecule has 4 aliphatic rings. The fourth-order valence-corrected chi connectivity index (χ4v) is 9.07. The Morgan fingerprint density at radius 1 is 1.07 bits per heavy atom. The SMILES string of the molecule is Cc1cc(C(=O)NC2CCCCCC=CC3CCC3(C(=O)NS(=O)(=O)C3(C)CC3)NC(=O)C3CC(Oc4nc5c(F)cccc5nc4C)CN3C2=O)n(C)n1. The normalized spacial score (nSPS) is 26.8. The van der Waals surface area contributed by atoms with E-state index in [2.05, 4.69) is 30.4 Å². The van der Waals surface area contributed by atoms with Crippen molar-refractivity contribution >= 4 is 44.7 Å². The molecule has 2 aliphatic heterocycles. The number of aryl methyl sites for hydroxylation is 3. The molecule has 4 amide bonds. The smallest absolute Gasteiger partial charge is 0.270 e. The van der Waals surface area contributed by atoms with E-state index in [0.717, 1.165) is 12.8 Å². The molecule has 15 nitrogen and oxygen atoms in total. The van der Waals surface area contributed by atoms with Crippen LogP contribution in [0.15, 0.2) is 36.4 Å². The van der Waals surface area contributed by atoms with E-state index in [9.17, 15) is 32.0 Å². The summed E-state index contributed by atoms with van der Waals surface area (Å²) in [6.07, 6.45) is 7.62. The Hall–Kier alpha value is -4.93. The van der Waals surface area contributed by atoms with Crippen LogP contribution in [0.3, 0.4) is 0 Å². The van der Waals surface area contributed by atoms with Crippen molar-refractivity contribution in [2.24, 2.45) is 13.0 Å². The van der Waals surface area contributed by atoms with Gasteiger partial charge >= 0.3 is 0 Å². The van der Waals surface area contributed by atoms with Crippen LogP contribution in [0.4, 0.5) is 4.39 Å². The van der Waals surface area contributed by atoms with Crippen LogP contribution in [0.5, 0.6) is 5.88 Å². The molecule has 17 heteroatoms. The number of hydrogen-bond acceptors (Lipinski definition) is 10. The van der Waals surface area contributed by atoms with Crippen molar-refractivity contribution in [2.75, 3.05) is 6.54 Å². The van der Waals surface area contributed by atoms with Gasteiger partial charge in [0.05, 0.1) is 22.5 Å². The number of allylic oxidation sites excluding steroid dienone is 1. The summed E-state index contributed by atoms with van der Waals surface area (Å²) in [7, 11) is -2.39. The van der Waals surface area contributed by atoms with Crippen molar-refractivity contribution in [1.29, 1.82) is 0 Å². The van der Waals surface area contributed by atoms with E-state index in [1.165, 1.54) is 21.7 Å². The van der Waals surface area contributed by atoms with Gasteiger partial charge < -0.3 is 20.3 Å². The number of sulfonamides is 1. The van der Waals surface area contributed by atoms with Gasteiger partial charge in [0.2, 0.25) is 27.7 Å². The van der Waals surface area contributed by atoms with E-state index in [0.29, 0.717) is 55.4 Å². The third-order valence-corrected chi connectivity index (χ3v) is 13.7. The molecule has 0 bridgehead atoms. The lowest BCUT2D eigenvalue weighted by molar-refractivity contribution is -0.144. The fourth-order valence-electron chi connectivity index (χ4n) is 7.76. The quantitative estimate of drug-likeness (QED) is 0.300. The standard InChI is InChI=1S/C38H47FN8O7S/c1-22-19-29(46(4)44-22)32(48)41-28-13-9-7-5-6-8-11-24-15-16-38(24,36(51)45-55(52,53)37(3)17-18-37)43-33(49)30-20-25(21-47(30)35(28)50)54-34-23(2)40-27-14-10-12-26(39)31(27)42-34/h8,10-12,14,19,24-25,28,30H,5-7,9,13,15-18,20-21H2,1-4H3,(H,41,48)(H,43,49)(H,45,51). The van der Waals surface area contributed by atoms with Gasteiger partial charge in [-0.25, -0.2) is 22.8 Å². The van der Waals surface area contributed by atoms with Gasteiger partial charge in [0, 0.05) is 19.4 Å². The van der Waals surface area contributed by atoms with E-state index in [-0.39, 0.29) is 36.5 Å². The summed E-state index contributed by atoms with van der Waals surface area (Å²) in [5.41, 5.74) is 0.0302. The summed E-state index contributed by atoms with van der Waals surface area (Å²) in [5, 5.41) is 10.1. The number of hydrogen-bond donors (Lipinski definition) is 3. The minimum atomic E-state index is -4.03. The van der Waals surface area contributed by atoms with E-state index < -0.39 is 73.9 Å². The van der Waals surface area contributed by atoms with Crippen molar-refractivity contribution in [3.63, 3.8) is 0 Å². The molecule has 1 aromatic carbocycles. The first-order valence-corrected chi connectivity index (χ1v) is 20.4. The Morgan fingerprint density at radius 3 is 2.55 bits per heavy atom. The second-order valence-electron chi connectivity index (χ2n) is 15.6. The number of carbonyl (C=O) groups is 4. The lowest BCUT2D eigenvalue weighted by atomic mass is 9.65. The Bertz CT molecular complexity index is 2190. The first-order chi connectivity index (χ1) is 26.1. The van der Waals surface area contributed by atoms with Crippen LogP contribution >= 0.6 is 0 Å². The van der Waals surface area contributed by atoms with E-state index in [1.807, 2.05) is 12.2 Å². The molecular weight excluding hydrogens is 732 g/mol. The zero-order valence-electron chi connectivity index (χ0n) is 31.4. The number of benzene rings is 1. The molecule has 5 atom stereocenters. The van der Waals surface area contributed by atoms with Crippen LogP contribution in [-0.4, -0.2) is 91.7 Å². The lowest BCUT2D eigenvalue weighted by Crippen LogP contribution is -2.70. The molecule has 4 heterocycles. The summed E-state index contributed by atoms with van der Waals surface area (Å²) in [6, 6.07) is 3.83. The summed E-state index contributed by atoms with van der Waals surface area (Å²) >= 11 is 0. The van der Waals surface area contributed by atoms with Gasteiger partial charge in [-0.05, 0) is 83.9 Å². The van der Waals surface area contributed by atoms with Crippen molar-refractivity contribution < 1.29 is 36.7 Å². The maximum atomic E-state index is 14.7. The Morgan fingerprint density at radius 2 is 1.85 bits per heavy atom. The summed E-state index contributed by atoms with van der Waals surface area (Å²) in [4.78, 5) is 66.9. The van der Waals surface area contributed by atoms with Crippen LogP contribution in [0.25, 0.3) is 11.0 Å². The number of ether oxygens (including phenoxy) is 1. The van der Waals surface area contributed by atoms with Crippen LogP contribution in [0.2, 0.25) is 0 Å². The lowest BCUT2D eigenvalue weighted by Gasteiger charge is -2.47. The second-order valence-corrected chi connectivity index (χ2v) is 17.8. The molecule has 1 saturated heterocycles. The molecular formula is C38H47FN8O7S. The number of para-hydroxylation sites is 1. The van der Waals surface area contributed by atoms with Gasteiger partial charge in [-0.1, -0.05) is 31.1 Å². The molecule has 5 unspecified atom stereocenters. The van der Waals surface area contributed by atoms with Crippen molar-refractivity contribution in [2.45, 2.75) is 113 Å². The average Bonchev–Trinajstić information content (AvgIpc) is 3.60. The van der Waals surface area contributed by atoms with E-state index >= 15 is 0 Å².